The Morgan fingerprint density at radius 3 is 2.70 bits per heavy atom. The molecule has 1 aromatic heterocycles. The first-order valence-corrected chi connectivity index (χ1v) is 6.27. The van der Waals surface area contributed by atoms with Crippen molar-refractivity contribution in [3.63, 3.8) is 0 Å². The fraction of sp³-hybridized carbons (Fsp3) is 0.214. The molecule has 3 N–H and O–H groups in total. The van der Waals surface area contributed by atoms with Gasteiger partial charge in [0.2, 0.25) is 0 Å². The van der Waals surface area contributed by atoms with Crippen LogP contribution in [0.15, 0.2) is 42.5 Å². The number of hydrogen-bond donors (Lipinski definition) is 2. The van der Waals surface area contributed by atoms with Crippen LogP contribution in [0.25, 0.3) is 0 Å². The van der Waals surface area contributed by atoms with Gasteiger partial charge in [-0.3, -0.25) is 10.1 Å². The number of anilines is 2. The lowest BCUT2D eigenvalue weighted by Crippen LogP contribution is -2.19. The zero-order valence-corrected chi connectivity index (χ0v) is 11.1. The van der Waals surface area contributed by atoms with Gasteiger partial charge < -0.3 is 11.1 Å². The van der Waals surface area contributed by atoms with E-state index in [9.17, 15) is 10.1 Å². The van der Waals surface area contributed by atoms with Crippen LogP contribution in [0.4, 0.5) is 17.3 Å². The van der Waals surface area contributed by atoms with Gasteiger partial charge >= 0.3 is 0 Å². The van der Waals surface area contributed by atoms with E-state index in [1.807, 2.05) is 37.3 Å². The summed E-state index contributed by atoms with van der Waals surface area (Å²) in [6.07, 6.45) is 0.797. The molecule has 0 bridgehead atoms. The molecule has 0 spiro atoms. The maximum absolute atomic E-state index is 10.8. The van der Waals surface area contributed by atoms with E-state index in [4.69, 9.17) is 5.73 Å². The molecule has 2 aromatic rings. The highest BCUT2D eigenvalue weighted by molar-refractivity contribution is 5.53. The number of nitrogen functional groups attached to an aromatic ring is 1. The summed E-state index contributed by atoms with van der Waals surface area (Å²) in [6.45, 7) is 1.99. The summed E-state index contributed by atoms with van der Waals surface area (Å²) in [7, 11) is 0. The Balaban J connectivity index is 2.07. The van der Waals surface area contributed by atoms with Crippen molar-refractivity contribution >= 4 is 17.3 Å². The highest BCUT2D eigenvalue weighted by Crippen LogP contribution is 2.19. The van der Waals surface area contributed by atoms with Gasteiger partial charge in [0.1, 0.15) is 11.6 Å². The molecule has 20 heavy (non-hydrogen) atoms. The average molecular weight is 272 g/mol. The van der Waals surface area contributed by atoms with Gasteiger partial charge in [-0.2, -0.15) is 0 Å². The minimum absolute atomic E-state index is 0.0630. The third-order valence-corrected chi connectivity index (χ3v) is 2.82. The maximum Gasteiger partial charge on any atom is 0.276 e. The smallest absolute Gasteiger partial charge is 0.276 e. The van der Waals surface area contributed by atoms with Crippen LogP contribution >= 0.6 is 0 Å². The fourth-order valence-corrected chi connectivity index (χ4v) is 1.99. The van der Waals surface area contributed by atoms with Gasteiger partial charge in [-0.05, 0) is 18.9 Å². The molecule has 0 amide bonds. The Bertz CT molecular complexity index is 601. The summed E-state index contributed by atoms with van der Waals surface area (Å²) in [5.74, 6) is 0.550. The lowest BCUT2D eigenvalue weighted by Gasteiger charge is -2.14. The monoisotopic (exact) mass is 272 g/mol. The van der Waals surface area contributed by atoms with Crippen LogP contribution in [0.1, 0.15) is 12.5 Å². The molecule has 6 heteroatoms. The molecule has 0 saturated carbocycles. The molecular weight excluding hydrogens is 256 g/mol. The predicted molar refractivity (Wildman–Crippen MR) is 78.5 cm³/mol. The molecular formula is C14H16N4O2. The SMILES string of the molecule is CC(Cc1ccccc1)Nc1cc([N+](=O)[O-])cc(N)n1. The molecule has 0 aliphatic carbocycles. The summed E-state index contributed by atoms with van der Waals surface area (Å²) < 4.78 is 0. The highest BCUT2D eigenvalue weighted by Gasteiger charge is 2.11. The fourth-order valence-electron chi connectivity index (χ4n) is 1.99. The molecule has 2 rings (SSSR count). The number of hydrogen-bond acceptors (Lipinski definition) is 5. The van der Waals surface area contributed by atoms with Crippen molar-refractivity contribution in [3.8, 4) is 0 Å². The van der Waals surface area contributed by atoms with Gasteiger partial charge in [0, 0.05) is 6.04 Å². The largest absolute Gasteiger partial charge is 0.383 e. The van der Waals surface area contributed by atoms with Crippen molar-refractivity contribution in [2.45, 2.75) is 19.4 Å². The quantitative estimate of drug-likeness (QED) is 0.644. The van der Waals surface area contributed by atoms with E-state index in [2.05, 4.69) is 10.3 Å². The normalized spacial score (nSPS) is 11.8. The number of nitrogens with two attached hydrogens (primary N) is 1. The zero-order chi connectivity index (χ0) is 14.5. The predicted octanol–water partition coefficient (Wildman–Crippen LogP) is 2.62. The van der Waals surface area contributed by atoms with Gasteiger partial charge in [-0.1, -0.05) is 30.3 Å². The highest BCUT2D eigenvalue weighted by atomic mass is 16.6. The topological polar surface area (TPSA) is 94.1 Å². The molecule has 0 radical (unpaired) electrons. The van der Waals surface area contributed by atoms with Crippen molar-refractivity contribution in [3.05, 3.63) is 58.1 Å². The van der Waals surface area contributed by atoms with Crippen LogP contribution < -0.4 is 11.1 Å². The average Bonchev–Trinajstić information content (AvgIpc) is 2.38. The lowest BCUT2D eigenvalue weighted by atomic mass is 10.1. The Labute approximate surface area is 116 Å². The summed E-state index contributed by atoms with van der Waals surface area (Å²) in [5.41, 5.74) is 6.69. The Morgan fingerprint density at radius 2 is 2.05 bits per heavy atom. The van der Waals surface area contributed by atoms with Crippen LogP contribution in [0, 0.1) is 10.1 Å². The van der Waals surface area contributed by atoms with Crippen molar-refractivity contribution in [1.82, 2.24) is 4.98 Å². The molecule has 1 unspecified atom stereocenters. The molecule has 1 heterocycles. The standard InChI is InChI=1S/C14H16N4O2/c1-10(7-11-5-3-2-4-6-11)16-14-9-12(18(19)20)8-13(15)17-14/h2-6,8-10H,7H2,1H3,(H3,15,16,17). The summed E-state index contributed by atoms with van der Waals surface area (Å²) >= 11 is 0. The van der Waals surface area contributed by atoms with Crippen LogP contribution in [0.3, 0.4) is 0 Å². The van der Waals surface area contributed by atoms with E-state index >= 15 is 0 Å². The molecule has 0 aliphatic heterocycles. The second-order valence-electron chi connectivity index (χ2n) is 4.63. The van der Waals surface area contributed by atoms with Crippen molar-refractivity contribution in [1.29, 1.82) is 0 Å². The molecule has 104 valence electrons. The molecule has 0 fully saturated rings. The van der Waals surface area contributed by atoms with Gasteiger partial charge in [-0.25, -0.2) is 4.98 Å². The number of nitrogens with one attached hydrogen (secondary N) is 1. The van der Waals surface area contributed by atoms with E-state index in [0.29, 0.717) is 5.82 Å². The van der Waals surface area contributed by atoms with Crippen LogP contribution in [-0.4, -0.2) is 15.9 Å². The van der Waals surface area contributed by atoms with Crippen LogP contribution in [0.5, 0.6) is 0 Å². The number of benzene rings is 1. The van der Waals surface area contributed by atoms with Crippen molar-refractivity contribution < 1.29 is 4.92 Å². The van der Waals surface area contributed by atoms with E-state index in [0.717, 1.165) is 6.42 Å². The molecule has 0 aliphatic rings. The molecule has 1 aromatic carbocycles. The van der Waals surface area contributed by atoms with Gasteiger partial charge in [0.15, 0.2) is 0 Å². The number of aromatic nitrogens is 1. The van der Waals surface area contributed by atoms with Crippen LogP contribution in [-0.2, 0) is 6.42 Å². The van der Waals surface area contributed by atoms with Crippen molar-refractivity contribution in [2.75, 3.05) is 11.1 Å². The van der Waals surface area contributed by atoms with E-state index in [-0.39, 0.29) is 17.5 Å². The molecule has 0 saturated heterocycles. The first kappa shape index (κ1) is 13.8. The van der Waals surface area contributed by atoms with Crippen LogP contribution in [0.2, 0.25) is 0 Å². The second-order valence-corrected chi connectivity index (χ2v) is 4.63. The second kappa shape index (κ2) is 6.01. The number of nitrogens with zero attached hydrogens (tertiary/aromatic N) is 2. The van der Waals surface area contributed by atoms with E-state index in [1.54, 1.807) is 0 Å². The third-order valence-electron chi connectivity index (χ3n) is 2.82. The Morgan fingerprint density at radius 1 is 1.35 bits per heavy atom. The first-order chi connectivity index (χ1) is 9.54. The molecule has 6 nitrogen and oxygen atoms in total. The Kier molecular flexibility index (Phi) is 4.14. The number of pyridine rings is 1. The number of nitro groups is 1. The summed E-state index contributed by atoms with van der Waals surface area (Å²) in [6, 6.07) is 12.7. The Hall–Kier alpha value is -2.63. The minimum atomic E-state index is -0.481. The van der Waals surface area contributed by atoms with Gasteiger partial charge in [0.05, 0.1) is 17.1 Å². The zero-order valence-electron chi connectivity index (χ0n) is 11.1. The third kappa shape index (κ3) is 3.68. The number of rotatable bonds is 5. The maximum atomic E-state index is 10.8. The van der Waals surface area contributed by atoms with E-state index < -0.39 is 4.92 Å². The summed E-state index contributed by atoms with van der Waals surface area (Å²) in [4.78, 5) is 14.4. The summed E-state index contributed by atoms with van der Waals surface area (Å²) in [5, 5.41) is 13.9. The van der Waals surface area contributed by atoms with Crippen molar-refractivity contribution in [2.24, 2.45) is 0 Å². The lowest BCUT2D eigenvalue weighted by molar-refractivity contribution is -0.384. The molecule has 1 atom stereocenters. The van der Waals surface area contributed by atoms with E-state index in [1.165, 1.54) is 17.7 Å². The minimum Gasteiger partial charge on any atom is -0.383 e. The van der Waals surface area contributed by atoms with Gasteiger partial charge in [-0.15, -0.1) is 0 Å². The van der Waals surface area contributed by atoms with Gasteiger partial charge in [0.25, 0.3) is 5.69 Å². The first-order valence-electron chi connectivity index (χ1n) is 6.27.